The van der Waals surface area contributed by atoms with Gasteiger partial charge in [-0.15, -0.1) is 11.3 Å². The summed E-state index contributed by atoms with van der Waals surface area (Å²) in [6, 6.07) is 6.92. The summed E-state index contributed by atoms with van der Waals surface area (Å²) in [6.07, 6.45) is 2.96. The average molecular weight is 322 g/mol. The number of carbonyl (C=O) groups is 2. The van der Waals surface area contributed by atoms with Crippen molar-refractivity contribution in [3.8, 4) is 0 Å². The predicted octanol–water partition coefficient (Wildman–Crippen LogP) is 4.06. The first kappa shape index (κ1) is 15.3. The third-order valence-electron chi connectivity index (χ3n) is 2.76. The minimum atomic E-state index is -1.07. The van der Waals surface area contributed by atoms with Gasteiger partial charge in [0.1, 0.15) is 5.00 Å². The minimum Gasteiger partial charge on any atom is -0.478 e. The standard InChI is InChI=1S/C15H12ClNO3S/c1-9-2-3-10(8-12(9)16)4-5-13(18)17-14-11(15(19)20)6-7-21-14/h2-8H,1H3,(H,17,18)(H,19,20)/b5-4+. The number of nitrogens with one attached hydrogen (secondary N) is 1. The van der Waals surface area contributed by atoms with Gasteiger partial charge in [-0.05, 0) is 41.6 Å². The first-order valence-corrected chi connectivity index (χ1v) is 7.29. The van der Waals surface area contributed by atoms with Gasteiger partial charge >= 0.3 is 5.97 Å². The fourth-order valence-electron chi connectivity index (χ4n) is 1.61. The van der Waals surface area contributed by atoms with E-state index in [1.807, 2.05) is 19.1 Å². The number of rotatable bonds is 4. The number of aryl methyl sites for hydroxylation is 1. The second-order valence-electron chi connectivity index (χ2n) is 4.30. The van der Waals surface area contributed by atoms with Gasteiger partial charge in [0.15, 0.2) is 0 Å². The van der Waals surface area contributed by atoms with E-state index in [1.165, 1.54) is 12.1 Å². The molecule has 0 unspecified atom stereocenters. The molecule has 4 nitrogen and oxygen atoms in total. The lowest BCUT2D eigenvalue weighted by atomic mass is 10.1. The van der Waals surface area contributed by atoms with E-state index >= 15 is 0 Å². The number of thiophene rings is 1. The third-order valence-corrected chi connectivity index (χ3v) is 3.99. The number of aromatic carboxylic acids is 1. The lowest BCUT2D eigenvalue weighted by molar-refractivity contribution is -0.111. The largest absolute Gasteiger partial charge is 0.478 e. The summed E-state index contributed by atoms with van der Waals surface area (Å²) in [5, 5.41) is 14.1. The number of halogens is 1. The third kappa shape index (κ3) is 3.93. The van der Waals surface area contributed by atoms with Gasteiger partial charge in [-0.25, -0.2) is 4.79 Å². The molecule has 0 aliphatic heterocycles. The fraction of sp³-hybridized carbons (Fsp3) is 0.0667. The van der Waals surface area contributed by atoms with Gasteiger partial charge < -0.3 is 10.4 Å². The summed E-state index contributed by atoms with van der Waals surface area (Å²) in [7, 11) is 0. The Balaban J connectivity index is 2.07. The highest BCUT2D eigenvalue weighted by atomic mass is 35.5. The number of hydrogen-bond donors (Lipinski definition) is 2. The van der Waals surface area contributed by atoms with Crippen molar-refractivity contribution in [2.24, 2.45) is 0 Å². The molecule has 2 aromatic rings. The van der Waals surface area contributed by atoms with Crippen molar-refractivity contribution in [3.05, 3.63) is 57.4 Å². The van der Waals surface area contributed by atoms with Crippen LogP contribution in [0.5, 0.6) is 0 Å². The Hall–Kier alpha value is -2.11. The zero-order valence-corrected chi connectivity index (χ0v) is 12.7. The Morgan fingerprint density at radius 2 is 2.10 bits per heavy atom. The molecule has 0 saturated heterocycles. The van der Waals surface area contributed by atoms with E-state index in [0.29, 0.717) is 10.0 Å². The second kappa shape index (κ2) is 6.56. The molecule has 0 fully saturated rings. The molecule has 0 aliphatic rings. The molecule has 21 heavy (non-hydrogen) atoms. The van der Waals surface area contributed by atoms with E-state index in [1.54, 1.807) is 17.5 Å². The highest BCUT2D eigenvalue weighted by Gasteiger charge is 2.12. The van der Waals surface area contributed by atoms with Crippen molar-refractivity contribution >= 4 is 45.9 Å². The zero-order valence-electron chi connectivity index (χ0n) is 11.1. The van der Waals surface area contributed by atoms with Crippen LogP contribution in [-0.2, 0) is 4.79 Å². The summed E-state index contributed by atoms with van der Waals surface area (Å²) >= 11 is 7.17. The van der Waals surface area contributed by atoms with Crippen LogP contribution in [0.25, 0.3) is 6.08 Å². The normalized spacial score (nSPS) is 10.8. The first-order chi connectivity index (χ1) is 9.97. The van der Waals surface area contributed by atoms with Crippen LogP contribution in [0.1, 0.15) is 21.5 Å². The van der Waals surface area contributed by atoms with Crippen LogP contribution in [0.3, 0.4) is 0 Å². The van der Waals surface area contributed by atoms with Crippen molar-refractivity contribution < 1.29 is 14.7 Å². The molecule has 1 amide bonds. The predicted molar refractivity (Wildman–Crippen MR) is 85.1 cm³/mol. The van der Waals surface area contributed by atoms with E-state index in [0.717, 1.165) is 22.5 Å². The van der Waals surface area contributed by atoms with Crippen molar-refractivity contribution in [1.29, 1.82) is 0 Å². The van der Waals surface area contributed by atoms with E-state index in [2.05, 4.69) is 5.32 Å². The van der Waals surface area contributed by atoms with Crippen LogP contribution in [0.15, 0.2) is 35.7 Å². The number of carboxylic acids is 1. The number of amides is 1. The minimum absolute atomic E-state index is 0.0835. The summed E-state index contributed by atoms with van der Waals surface area (Å²) in [4.78, 5) is 22.7. The Morgan fingerprint density at radius 1 is 1.33 bits per heavy atom. The highest BCUT2D eigenvalue weighted by molar-refractivity contribution is 7.14. The van der Waals surface area contributed by atoms with Crippen LogP contribution in [0.2, 0.25) is 5.02 Å². The molecular formula is C15H12ClNO3S. The zero-order chi connectivity index (χ0) is 15.4. The molecular weight excluding hydrogens is 310 g/mol. The molecule has 2 N–H and O–H groups in total. The highest BCUT2D eigenvalue weighted by Crippen LogP contribution is 2.23. The second-order valence-corrected chi connectivity index (χ2v) is 5.62. The quantitative estimate of drug-likeness (QED) is 0.834. The SMILES string of the molecule is Cc1ccc(/C=C/C(=O)Nc2sccc2C(=O)O)cc1Cl. The molecule has 1 aromatic carbocycles. The maximum absolute atomic E-state index is 11.8. The van der Waals surface area contributed by atoms with E-state index in [9.17, 15) is 9.59 Å². The molecule has 0 saturated carbocycles. The van der Waals surface area contributed by atoms with Gasteiger partial charge in [-0.2, -0.15) is 0 Å². The maximum Gasteiger partial charge on any atom is 0.338 e. The molecule has 1 aromatic heterocycles. The number of hydrogen-bond acceptors (Lipinski definition) is 3. The summed E-state index contributed by atoms with van der Waals surface area (Å²) in [6.45, 7) is 1.90. The molecule has 0 atom stereocenters. The van der Waals surface area contributed by atoms with Crippen LogP contribution in [-0.4, -0.2) is 17.0 Å². The van der Waals surface area contributed by atoms with Crippen LogP contribution in [0, 0.1) is 6.92 Å². The summed E-state index contributed by atoms with van der Waals surface area (Å²) in [5.74, 6) is -1.46. The number of carbonyl (C=O) groups excluding carboxylic acids is 1. The molecule has 6 heteroatoms. The molecule has 0 spiro atoms. The molecule has 0 bridgehead atoms. The lowest BCUT2D eigenvalue weighted by Crippen LogP contribution is -2.09. The van der Waals surface area contributed by atoms with E-state index in [-0.39, 0.29) is 5.56 Å². The monoisotopic (exact) mass is 321 g/mol. The van der Waals surface area contributed by atoms with Gasteiger partial charge in [-0.3, -0.25) is 4.79 Å². The van der Waals surface area contributed by atoms with Gasteiger partial charge in [0.05, 0.1) is 5.56 Å². The Labute approximate surface area is 130 Å². The smallest absolute Gasteiger partial charge is 0.338 e. The molecule has 1 heterocycles. The van der Waals surface area contributed by atoms with E-state index < -0.39 is 11.9 Å². The van der Waals surface area contributed by atoms with Crippen LogP contribution in [0.4, 0.5) is 5.00 Å². The Bertz CT molecular complexity index is 721. The molecule has 0 aliphatic carbocycles. The maximum atomic E-state index is 11.8. The number of anilines is 1. The Morgan fingerprint density at radius 3 is 2.76 bits per heavy atom. The Kier molecular flexibility index (Phi) is 4.77. The van der Waals surface area contributed by atoms with Gasteiger partial charge in [0.2, 0.25) is 5.91 Å². The van der Waals surface area contributed by atoms with Crippen LogP contribution >= 0.6 is 22.9 Å². The molecule has 108 valence electrons. The lowest BCUT2D eigenvalue weighted by Gasteiger charge is -2.01. The first-order valence-electron chi connectivity index (χ1n) is 6.03. The van der Waals surface area contributed by atoms with Crippen molar-refractivity contribution in [2.75, 3.05) is 5.32 Å². The van der Waals surface area contributed by atoms with E-state index in [4.69, 9.17) is 16.7 Å². The van der Waals surface area contributed by atoms with Crippen LogP contribution < -0.4 is 5.32 Å². The van der Waals surface area contributed by atoms with Crippen molar-refractivity contribution in [2.45, 2.75) is 6.92 Å². The number of benzene rings is 1. The van der Waals surface area contributed by atoms with Gasteiger partial charge in [0.25, 0.3) is 0 Å². The fourth-order valence-corrected chi connectivity index (χ4v) is 2.58. The molecule has 2 rings (SSSR count). The van der Waals surface area contributed by atoms with Gasteiger partial charge in [-0.1, -0.05) is 23.7 Å². The average Bonchev–Trinajstić information content (AvgIpc) is 2.88. The van der Waals surface area contributed by atoms with Gasteiger partial charge in [0, 0.05) is 11.1 Å². The van der Waals surface area contributed by atoms with Crippen molar-refractivity contribution in [3.63, 3.8) is 0 Å². The number of carboxylic acid groups (broad SMARTS) is 1. The topological polar surface area (TPSA) is 66.4 Å². The van der Waals surface area contributed by atoms with Crippen molar-refractivity contribution in [1.82, 2.24) is 0 Å². The molecule has 0 radical (unpaired) electrons. The summed E-state index contributed by atoms with van der Waals surface area (Å²) < 4.78 is 0. The summed E-state index contributed by atoms with van der Waals surface area (Å²) in [5.41, 5.74) is 1.84.